The first-order valence-corrected chi connectivity index (χ1v) is 9.15. The van der Waals surface area contributed by atoms with Crippen molar-refractivity contribution in [3.05, 3.63) is 64.1 Å². The normalized spacial score (nSPS) is 10.0. The minimum Gasteiger partial charge on any atom is -0.455 e. The molecule has 3 amide bonds. The van der Waals surface area contributed by atoms with Crippen molar-refractivity contribution in [2.45, 2.75) is 12.8 Å². The zero-order valence-corrected chi connectivity index (χ0v) is 16.5. The third-order valence-corrected chi connectivity index (χ3v) is 3.97. The maximum absolute atomic E-state index is 11.8. The van der Waals surface area contributed by atoms with Crippen LogP contribution in [0, 0.1) is 0 Å². The van der Waals surface area contributed by atoms with Gasteiger partial charge in [0.05, 0.1) is 6.42 Å². The molecule has 0 spiro atoms. The van der Waals surface area contributed by atoms with Crippen LogP contribution >= 0.6 is 23.2 Å². The van der Waals surface area contributed by atoms with Crippen LogP contribution in [0.4, 0.5) is 5.69 Å². The van der Waals surface area contributed by atoms with Gasteiger partial charge in [-0.25, -0.2) is 0 Å². The van der Waals surface area contributed by atoms with Crippen molar-refractivity contribution in [1.82, 2.24) is 10.9 Å². The number of hydrogen-bond donors (Lipinski definition) is 3. The molecule has 0 bridgehead atoms. The lowest BCUT2D eigenvalue weighted by Gasteiger charge is -2.08. The maximum Gasteiger partial charge on any atom is 0.306 e. The van der Waals surface area contributed by atoms with Gasteiger partial charge in [0, 0.05) is 27.7 Å². The van der Waals surface area contributed by atoms with Gasteiger partial charge in [-0.15, -0.1) is 0 Å². The van der Waals surface area contributed by atoms with Crippen LogP contribution in [0.5, 0.6) is 0 Å². The molecule has 2 rings (SSSR count). The molecule has 0 aliphatic heterocycles. The van der Waals surface area contributed by atoms with Crippen molar-refractivity contribution in [2.24, 2.45) is 0 Å². The van der Waals surface area contributed by atoms with Crippen LogP contribution < -0.4 is 16.2 Å². The van der Waals surface area contributed by atoms with E-state index in [2.05, 4.69) is 16.2 Å². The van der Waals surface area contributed by atoms with E-state index in [-0.39, 0.29) is 18.7 Å². The topological polar surface area (TPSA) is 114 Å². The quantitative estimate of drug-likeness (QED) is 0.455. The number of carbonyl (C=O) groups is 4. The van der Waals surface area contributed by atoms with E-state index in [4.69, 9.17) is 27.9 Å². The summed E-state index contributed by atoms with van der Waals surface area (Å²) in [4.78, 5) is 46.9. The lowest BCUT2D eigenvalue weighted by molar-refractivity contribution is -0.149. The molecule has 2 aromatic rings. The first-order chi connectivity index (χ1) is 13.8. The standard InChI is InChI=1S/C19H17Cl2N3O5/c20-13-3-1-12(2-4-13)19(28)24-23-17(26)11-29-18(27)10-9-16(25)22-15-7-5-14(21)6-8-15/h1-8H,9-11H2,(H,22,25)(H,23,26)(H,24,28). The molecule has 2 aromatic carbocycles. The van der Waals surface area contributed by atoms with E-state index in [9.17, 15) is 19.2 Å². The molecule has 29 heavy (non-hydrogen) atoms. The van der Waals surface area contributed by atoms with E-state index in [0.29, 0.717) is 21.3 Å². The second-order valence-corrected chi connectivity index (χ2v) is 6.60. The fourth-order valence-electron chi connectivity index (χ4n) is 2.03. The highest BCUT2D eigenvalue weighted by atomic mass is 35.5. The van der Waals surface area contributed by atoms with E-state index < -0.39 is 24.4 Å². The molecule has 8 nitrogen and oxygen atoms in total. The van der Waals surface area contributed by atoms with E-state index in [1.165, 1.54) is 24.3 Å². The van der Waals surface area contributed by atoms with Gasteiger partial charge in [-0.1, -0.05) is 23.2 Å². The van der Waals surface area contributed by atoms with Gasteiger partial charge in [0.25, 0.3) is 11.8 Å². The van der Waals surface area contributed by atoms with E-state index >= 15 is 0 Å². The Bertz CT molecular complexity index is 886. The number of amides is 3. The number of hydrazine groups is 1. The third kappa shape index (κ3) is 8.20. The van der Waals surface area contributed by atoms with Crippen molar-refractivity contribution in [2.75, 3.05) is 11.9 Å². The molecular formula is C19H17Cl2N3O5. The third-order valence-electron chi connectivity index (χ3n) is 3.47. The Hall–Kier alpha value is -3.10. The van der Waals surface area contributed by atoms with Gasteiger partial charge in [0.15, 0.2) is 6.61 Å². The lowest BCUT2D eigenvalue weighted by Crippen LogP contribution is -2.43. The van der Waals surface area contributed by atoms with Gasteiger partial charge < -0.3 is 10.1 Å². The molecule has 0 saturated carbocycles. The van der Waals surface area contributed by atoms with Crippen molar-refractivity contribution in [1.29, 1.82) is 0 Å². The Balaban J connectivity index is 1.63. The fourth-order valence-corrected chi connectivity index (χ4v) is 2.28. The first-order valence-electron chi connectivity index (χ1n) is 8.39. The average molecular weight is 438 g/mol. The molecule has 10 heteroatoms. The average Bonchev–Trinajstić information content (AvgIpc) is 2.71. The molecule has 0 fully saturated rings. The second kappa shape index (κ2) is 11.0. The highest BCUT2D eigenvalue weighted by molar-refractivity contribution is 6.31. The minimum atomic E-state index is -0.730. The molecule has 0 aromatic heterocycles. The van der Waals surface area contributed by atoms with Crippen LogP contribution in [-0.4, -0.2) is 30.3 Å². The number of benzene rings is 2. The number of rotatable bonds is 7. The Kier molecular flexibility index (Phi) is 8.45. The summed E-state index contributed by atoms with van der Waals surface area (Å²) < 4.78 is 4.76. The number of carbonyl (C=O) groups excluding carboxylic acids is 4. The summed E-state index contributed by atoms with van der Waals surface area (Å²) in [6, 6.07) is 12.5. The number of halogens is 2. The molecular weight excluding hydrogens is 421 g/mol. The van der Waals surface area contributed by atoms with Gasteiger partial charge in [-0.2, -0.15) is 0 Å². The van der Waals surface area contributed by atoms with Gasteiger partial charge in [-0.3, -0.25) is 30.0 Å². The summed E-state index contributed by atoms with van der Waals surface area (Å²) in [5.74, 6) is -2.40. The molecule has 0 heterocycles. The Morgan fingerprint density at radius 2 is 1.34 bits per heavy atom. The van der Waals surface area contributed by atoms with Crippen LogP contribution in [-0.2, 0) is 19.1 Å². The highest BCUT2D eigenvalue weighted by Gasteiger charge is 2.12. The molecule has 152 valence electrons. The van der Waals surface area contributed by atoms with Gasteiger partial charge in [0.1, 0.15) is 0 Å². The summed E-state index contributed by atoms with van der Waals surface area (Å²) in [5.41, 5.74) is 5.13. The first kappa shape index (κ1) is 22.2. The van der Waals surface area contributed by atoms with E-state index in [1.54, 1.807) is 24.3 Å². The van der Waals surface area contributed by atoms with Crippen LogP contribution in [0.2, 0.25) is 10.0 Å². The fraction of sp³-hybridized carbons (Fsp3) is 0.158. The smallest absolute Gasteiger partial charge is 0.306 e. The second-order valence-electron chi connectivity index (χ2n) is 5.72. The molecule has 0 radical (unpaired) electrons. The predicted octanol–water partition coefficient (Wildman–Crippen LogP) is 2.72. The lowest BCUT2D eigenvalue weighted by atomic mass is 10.2. The van der Waals surface area contributed by atoms with Crippen LogP contribution in [0.3, 0.4) is 0 Å². The number of esters is 1. The van der Waals surface area contributed by atoms with Crippen molar-refractivity contribution in [3.63, 3.8) is 0 Å². The summed E-state index contributed by atoms with van der Waals surface area (Å²) in [5, 5.41) is 3.61. The monoisotopic (exact) mass is 437 g/mol. The molecule has 0 aliphatic rings. The van der Waals surface area contributed by atoms with Crippen LogP contribution in [0.1, 0.15) is 23.2 Å². The molecule has 0 aliphatic carbocycles. The van der Waals surface area contributed by atoms with E-state index in [1.807, 2.05) is 0 Å². The largest absolute Gasteiger partial charge is 0.455 e. The van der Waals surface area contributed by atoms with Gasteiger partial charge in [0.2, 0.25) is 5.91 Å². The number of ether oxygens (including phenoxy) is 1. The Morgan fingerprint density at radius 1 is 0.759 bits per heavy atom. The Morgan fingerprint density at radius 3 is 1.97 bits per heavy atom. The SMILES string of the molecule is O=C(COC(=O)CCC(=O)Nc1ccc(Cl)cc1)NNC(=O)c1ccc(Cl)cc1. The molecule has 0 atom stereocenters. The van der Waals surface area contributed by atoms with Crippen molar-refractivity contribution >= 4 is 52.6 Å². The Labute approximate surface area is 176 Å². The van der Waals surface area contributed by atoms with E-state index in [0.717, 1.165) is 0 Å². The minimum absolute atomic E-state index is 0.115. The summed E-state index contributed by atoms with van der Waals surface area (Å²) in [6.45, 7) is -0.599. The van der Waals surface area contributed by atoms with Gasteiger partial charge >= 0.3 is 5.97 Å². The van der Waals surface area contributed by atoms with Crippen LogP contribution in [0.15, 0.2) is 48.5 Å². The van der Waals surface area contributed by atoms with Crippen molar-refractivity contribution in [3.8, 4) is 0 Å². The maximum atomic E-state index is 11.8. The number of hydrogen-bond acceptors (Lipinski definition) is 5. The number of nitrogens with one attached hydrogen (secondary N) is 3. The predicted molar refractivity (Wildman–Crippen MR) is 107 cm³/mol. The summed E-state index contributed by atoms with van der Waals surface area (Å²) >= 11 is 11.5. The summed E-state index contributed by atoms with van der Waals surface area (Å²) in [7, 11) is 0. The van der Waals surface area contributed by atoms with Gasteiger partial charge in [-0.05, 0) is 48.5 Å². The number of anilines is 1. The molecule has 0 saturated heterocycles. The van der Waals surface area contributed by atoms with Crippen LogP contribution in [0.25, 0.3) is 0 Å². The summed E-state index contributed by atoms with van der Waals surface area (Å²) in [6.07, 6.45) is -0.319. The zero-order chi connectivity index (χ0) is 21.2. The zero-order valence-electron chi connectivity index (χ0n) is 15.0. The highest BCUT2D eigenvalue weighted by Crippen LogP contribution is 2.13. The molecule has 0 unspecified atom stereocenters. The van der Waals surface area contributed by atoms with Crippen molar-refractivity contribution < 1.29 is 23.9 Å². The molecule has 3 N–H and O–H groups in total.